The number of aromatic nitrogens is 2. The zero-order valence-electron chi connectivity index (χ0n) is 15.4. The van der Waals surface area contributed by atoms with E-state index < -0.39 is 0 Å². The number of nitrogens with one attached hydrogen (secondary N) is 2. The highest BCUT2D eigenvalue weighted by Gasteiger charge is 2.12. The van der Waals surface area contributed by atoms with E-state index in [0.29, 0.717) is 21.3 Å². The molecule has 0 aliphatic carbocycles. The predicted molar refractivity (Wildman–Crippen MR) is 117 cm³/mol. The molecule has 0 unspecified atom stereocenters. The number of thiophene rings is 1. The van der Waals surface area contributed by atoms with Gasteiger partial charge in [-0.05, 0) is 43.3 Å². The van der Waals surface area contributed by atoms with E-state index in [0.717, 1.165) is 15.4 Å². The van der Waals surface area contributed by atoms with Crippen LogP contribution in [-0.2, 0) is 0 Å². The van der Waals surface area contributed by atoms with Crippen LogP contribution in [0.15, 0.2) is 66.7 Å². The predicted octanol–water partition coefficient (Wildman–Crippen LogP) is 5.08. The highest BCUT2D eigenvalue weighted by molar-refractivity contribution is 7.18. The molecule has 0 fully saturated rings. The summed E-state index contributed by atoms with van der Waals surface area (Å²) in [6.07, 6.45) is 0. The molecule has 2 heterocycles. The standard InChI is InChI=1S/C21H16N4O2S2/c1-13-7-12-17(28-13)19(27)22-16-10-8-14(9-11-16)18(26)23-21-25-24-20(29-21)15-5-3-2-4-6-15/h2-12H,1H3,(H,22,27)(H,23,25,26). The monoisotopic (exact) mass is 420 g/mol. The molecule has 0 aliphatic rings. The number of anilines is 2. The first kappa shape index (κ1) is 19.0. The second-order valence-corrected chi connectivity index (χ2v) is 8.44. The second-order valence-electron chi connectivity index (χ2n) is 6.17. The van der Waals surface area contributed by atoms with Crippen molar-refractivity contribution < 1.29 is 9.59 Å². The minimum absolute atomic E-state index is 0.164. The molecule has 0 radical (unpaired) electrons. The van der Waals surface area contributed by atoms with Gasteiger partial charge in [0.1, 0.15) is 5.01 Å². The lowest BCUT2D eigenvalue weighted by Crippen LogP contribution is -2.13. The van der Waals surface area contributed by atoms with Gasteiger partial charge < -0.3 is 5.32 Å². The van der Waals surface area contributed by atoms with Crippen molar-refractivity contribution in [2.75, 3.05) is 10.6 Å². The van der Waals surface area contributed by atoms with Gasteiger partial charge >= 0.3 is 0 Å². The van der Waals surface area contributed by atoms with Gasteiger partial charge in [-0.25, -0.2) is 0 Å². The summed E-state index contributed by atoms with van der Waals surface area (Å²) in [5, 5.41) is 14.9. The average molecular weight is 421 g/mol. The highest BCUT2D eigenvalue weighted by Crippen LogP contribution is 2.26. The van der Waals surface area contributed by atoms with Crippen LogP contribution in [0, 0.1) is 6.92 Å². The van der Waals surface area contributed by atoms with Crippen LogP contribution in [0.4, 0.5) is 10.8 Å². The minimum atomic E-state index is -0.285. The number of hydrogen-bond donors (Lipinski definition) is 2. The summed E-state index contributed by atoms with van der Waals surface area (Å²) in [7, 11) is 0. The molecule has 2 aromatic carbocycles. The van der Waals surface area contributed by atoms with Crippen molar-refractivity contribution >= 4 is 45.3 Å². The van der Waals surface area contributed by atoms with Crippen molar-refractivity contribution in [2.45, 2.75) is 6.92 Å². The number of benzene rings is 2. The number of nitrogens with zero attached hydrogens (tertiary/aromatic N) is 2. The summed E-state index contributed by atoms with van der Waals surface area (Å²) in [4.78, 5) is 26.4. The molecule has 0 saturated heterocycles. The average Bonchev–Trinajstić information content (AvgIpc) is 3.38. The number of carbonyl (C=O) groups is 2. The minimum Gasteiger partial charge on any atom is -0.321 e. The van der Waals surface area contributed by atoms with Crippen LogP contribution in [0.25, 0.3) is 10.6 Å². The molecule has 2 N–H and O–H groups in total. The largest absolute Gasteiger partial charge is 0.321 e. The number of aryl methyl sites for hydroxylation is 1. The van der Waals surface area contributed by atoms with Crippen molar-refractivity contribution in [1.82, 2.24) is 10.2 Å². The van der Waals surface area contributed by atoms with E-state index in [4.69, 9.17) is 0 Å². The van der Waals surface area contributed by atoms with Crippen molar-refractivity contribution in [3.05, 3.63) is 82.0 Å². The molecular formula is C21H16N4O2S2. The molecule has 29 heavy (non-hydrogen) atoms. The zero-order chi connectivity index (χ0) is 20.2. The van der Waals surface area contributed by atoms with Crippen LogP contribution in [0.1, 0.15) is 24.9 Å². The van der Waals surface area contributed by atoms with Crippen LogP contribution >= 0.6 is 22.7 Å². The topological polar surface area (TPSA) is 84.0 Å². The van der Waals surface area contributed by atoms with E-state index >= 15 is 0 Å². The fourth-order valence-corrected chi connectivity index (χ4v) is 4.10. The first-order valence-electron chi connectivity index (χ1n) is 8.76. The normalized spacial score (nSPS) is 10.5. The van der Waals surface area contributed by atoms with Crippen LogP contribution in [0.5, 0.6) is 0 Å². The number of rotatable bonds is 5. The maximum absolute atomic E-state index is 12.5. The van der Waals surface area contributed by atoms with E-state index in [1.807, 2.05) is 43.3 Å². The van der Waals surface area contributed by atoms with Gasteiger partial charge in [-0.2, -0.15) is 0 Å². The third-order valence-corrected chi connectivity index (χ3v) is 5.92. The van der Waals surface area contributed by atoms with Gasteiger partial charge in [0.25, 0.3) is 11.8 Å². The number of hydrogen-bond acceptors (Lipinski definition) is 6. The molecule has 0 bridgehead atoms. The summed E-state index contributed by atoms with van der Waals surface area (Å²) >= 11 is 2.75. The first-order valence-corrected chi connectivity index (χ1v) is 10.4. The van der Waals surface area contributed by atoms with Crippen LogP contribution in [-0.4, -0.2) is 22.0 Å². The van der Waals surface area contributed by atoms with E-state index in [-0.39, 0.29) is 11.8 Å². The molecular weight excluding hydrogens is 404 g/mol. The van der Waals surface area contributed by atoms with Crippen molar-refractivity contribution in [2.24, 2.45) is 0 Å². The van der Waals surface area contributed by atoms with E-state index in [9.17, 15) is 9.59 Å². The Labute approximate surface area is 175 Å². The van der Waals surface area contributed by atoms with E-state index in [2.05, 4.69) is 20.8 Å². The summed E-state index contributed by atoms with van der Waals surface area (Å²) < 4.78 is 0. The highest BCUT2D eigenvalue weighted by atomic mass is 32.1. The van der Waals surface area contributed by atoms with Gasteiger partial charge in [0.05, 0.1) is 4.88 Å². The quantitative estimate of drug-likeness (QED) is 0.472. The molecule has 4 rings (SSSR count). The molecule has 0 spiro atoms. The first-order chi connectivity index (χ1) is 14.1. The molecule has 0 atom stereocenters. The second kappa shape index (κ2) is 8.34. The smallest absolute Gasteiger partial charge is 0.265 e. The Balaban J connectivity index is 1.39. The molecule has 144 valence electrons. The van der Waals surface area contributed by atoms with Gasteiger partial charge in [0.2, 0.25) is 5.13 Å². The molecule has 4 aromatic rings. The van der Waals surface area contributed by atoms with E-state index in [1.54, 1.807) is 30.3 Å². The molecule has 0 aliphatic heterocycles. The third-order valence-electron chi connectivity index (χ3n) is 4.04. The fourth-order valence-electron chi connectivity index (χ4n) is 2.59. The molecule has 8 heteroatoms. The third kappa shape index (κ3) is 4.56. The fraction of sp³-hybridized carbons (Fsp3) is 0.0476. The molecule has 6 nitrogen and oxygen atoms in total. The Morgan fingerprint density at radius 2 is 1.55 bits per heavy atom. The molecule has 0 saturated carbocycles. The van der Waals surface area contributed by atoms with Crippen LogP contribution in [0.2, 0.25) is 0 Å². The number of amides is 2. The SMILES string of the molecule is Cc1ccc(C(=O)Nc2ccc(C(=O)Nc3nnc(-c4ccccc4)s3)cc2)s1. The van der Waals surface area contributed by atoms with Crippen LogP contribution < -0.4 is 10.6 Å². The van der Waals surface area contributed by atoms with Crippen molar-refractivity contribution in [3.63, 3.8) is 0 Å². The lowest BCUT2D eigenvalue weighted by atomic mass is 10.2. The lowest BCUT2D eigenvalue weighted by molar-refractivity contribution is 0.102. The van der Waals surface area contributed by atoms with Crippen molar-refractivity contribution in [3.8, 4) is 10.6 Å². The van der Waals surface area contributed by atoms with E-state index in [1.165, 1.54) is 22.7 Å². The van der Waals surface area contributed by atoms with Crippen molar-refractivity contribution in [1.29, 1.82) is 0 Å². The van der Waals surface area contributed by atoms with Gasteiger partial charge in [-0.3, -0.25) is 14.9 Å². The Hall–Kier alpha value is -3.36. The summed E-state index contributed by atoms with van der Waals surface area (Å²) in [5.74, 6) is -0.449. The maximum atomic E-state index is 12.5. The summed E-state index contributed by atoms with van der Waals surface area (Å²) in [5.41, 5.74) is 2.04. The van der Waals surface area contributed by atoms with Gasteiger partial charge in [0, 0.05) is 21.7 Å². The lowest BCUT2D eigenvalue weighted by Gasteiger charge is -2.05. The Morgan fingerprint density at radius 1 is 0.793 bits per heavy atom. The van der Waals surface area contributed by atoms with Gasteiger partial charge in [-0.1, -0.05) is 41.7 Å². The zero-order valence-corrected chi connectivity index (χ0v) is 17.0. The molecule has 2 amide bonds. The Kier molecular flexibility index (Phi) is 5.46. The summed E-state index contributed by atoms with van der Waals surface area (Å²) in [6.45, 7) is 1.95. The summed E-state index contributed by atoms with van der Waals surface area (Å²) in [6, 6.07) is 20.1. The maximum Gasteiger partial charge on any atom is 0.265 e. The Bertz CT molecular complexity index is 1150. The van der Waals surface area contributed by atoms with Gasteiger partial charge in [0.15, 0.2) is 0 Å². The van der Waals surface area contributed by atoms with Gasteiger partial charge in [-0.15, -0.1) is 21.5 Å². The number of carbonyl (C=O) groups excluding carboxylic acids is 2. The van der Waals surface area contributed by atoms with Crippen LogP contribution in [0.3, 0.4) is 0 Å². The molecule has 2 aromatic heterocycles. The Morgan fingerprint density at radius 3 is 2.24 bits per heavy atom.